The normalized spacial score (nSPS) is 17.4. The van der Waals surface area contributed by atoms with Gasteiger partial charge in [-0.05, 0) is 52.0 Å². The lowest BCUT2D eigenvalue weighted by Crippen LogP contribution is -2.52. The van der Waals surface area contributed by atoms with Crippen molar-refractivity contribution in [2.75, 3.05) is 45.9 Å². The summed E-state index contributed by atoms with van der Waals surface area (Å²) in [6, 6.07) is 6.06. The number of rotatable bonds is 8. The summed E-state index contributed by atoms with van der Waals surface area (Å²) in [5, 5.41) is 6.60. The molecule has 27 heavy (non-hydrogen) atoms. The van der Waals surface area contributed by atoms with Crippen LogP contribution in [0.15, 0.2) is 29.3 Å². The molecule has 0 amide bonds. The molecule has 6 nitrogen and oxygen atoms in total. The molecule has 1 unspecified atom stereocenters. The van der Waals surface area contributed by atoms with Crippen molar-refractivity contribution in [1.82, 2.24) is 15.5 Å². The van der Waals surface area contributed by atoms with E-state index in [-0.39, 0.29) is 17.5 Å². The molecule has 1 heterocycles. The van der Waals surface area contributed by atoms with Gasteiger partial charge in [0.2, 0.25) is 0 Å². The smallest absolute Gasteiger partial charge is 0.191 e. The van der Waals surface area contributed by atoms with Crippen molar-refractivity contribution in [2.24, 2.45) is 4.99 Å². The number of hydrogen-bond donors (Lipinski definition) is 2. The summed E-state index contributed by atoms with van der Waals surface area (Å²) >= 11 is 0. The third kappa shape index (κ3) is 7.34. The largest absolute Gasteiger partial charge is 0.489 e. The molecule has 0 spiro atoms. The molecule has 1 aromatic rings. The van der Waals surface area contributed by atoms with Crippen molar-refractivity contribution >= 4 is 5.96 Å². The Labute approximate surface area is 162 Å². The van der Waals surface area contributed by atoms with Gasteiger partial charge in [0, 0.05) is 25.2 Å². The highest BCUT2D eigenvalue weighted by Gasteiger charge is 2.28. The Balaban J connectivity index is 1.85. The molecule has 2 rings (SSSR count). The molecule has 0 radical (unpaired) electrons. The minimum atomic E-state index is -0.266. The first-order chi connectivity index (χ1) is 12.9. The Morgan fingerprint density at radius 1 is 1.26 bits per heavy atom. The Morgan fingerprint density at radius 3 is 2.56 bits per heavy atom. The lowest BCUT2D eigenvalue weighted by molar-refractivity contribution is -0.00684. The maximum absolute atomic E-state index is 13.0. The van der Waals surface area contributed by atoms with Crippen molar-refractivity contribution in [1.29, 1.82) is 0 Å². The number of hydrogen-bond acceptors (Lipinski definition) is 4. The third-order valence-electron chi connectivity index (χ3n) is 4.54. The first-order valence-electron chi connectivity index (χ1n) is 9.68. The van der Waals surface area contributed by atoms with E-state index < -0.39 is 0 Å². The summed E-state index contributed by atoms with van der Waals surface area (Å²) in [6.07, 6.45) is -0.0772. The third-order valence-corrected chi connectivity index (χ3v) is 4.54. The summed E-state index contributed by atoms with van der Waals surface area (Å²) in [5.74, 6) is 1.16. The van der Waals surface area contributed by atoms with Crippen LogP contribution in [0.4, 0.5) is 4.39 Å². The first-order valence-corrected chi connectivity index (χ1v) is 9.68. The molecule has 0 aromatic heterocycles. The Bertz CT molecular complexity index is 586. The van der Waals surface area contributed by atoms with Crippen LogP contribution in [0.2, 0.25) is 0 Å². The molecule has 7 heteroatoms. The van der Waals surface area contributed by atoms with Crippen LogP contribution < -0.4 is 15.4 Å². The fourth-order valence-electron chi connectivity index (χ4n) is 2.91. The number of guanidine groups is 1. The Kier molecular flexibility index (Phi) is 8.31. The zero-order valence-corrected chi connectivity index (χ0v) is 16.9. The Morgan fingerprint density at radius 2 is 1.93 bits per heavy atom. The van der Waals surface area contributed by atoms with E-state index in [1.165, 1.54) is 12.1 Å². The highest BCUT2D eigenvalue weighted by atomic mass is 19.1. The topological polar surface area (TPSA) is 58.1 Å². The van der Waals surface area contributed by atoms with Crippen LogP contribution in [0.5, 0.6) is 5.75 Å². The van der Waals surface area contributed by atoms with Gasteiger partial charge >= 0.3 is 0 Å². The fourth-order valence-corrected chi connectivity index (χ4v) is 2.91. The molecule has 0 aliphatic carbocycles. The van der Waals surface area contributed by atoms with Gasteiger partial charge in [-0.3, -0.25) is 9.89 Å². The molecule has 1 aliphatic heterocycles. The van der Waals surface area contributed by atoms with Crippen molar-refractivity contribution in [3.8, 4) is 5.75 Å². The first kappa shape index (κ1) is 21.4. The van der Waals surface area contributed by atoms with E-state index >= 15 is 0 Å². The summed E-state index contributed by atoms with van der Waals surface area (Å²) in [7, 11) is 0. The minimum Gasteiger partial charge on any atom is -0.489 e. The van der Waals surface area contributed by atoms with E-state index in [1.807, 2.05) is 13.8 Å². The molecule has 0 saturated carbocycles. The maximum Gasteiger partial charge on any atom is 0.191 e. The van der Waals surface area contributed by atoms with Gasteiger partial charge < -0.3 is 20.1 Å². The second-order valence-corrected chi connectivity index (χ2v) is 7.37. The fraction of sp³-hybridized carbons (Fsp3) is 0.650. The molecule has 1 fully saturated rings. The quantitative estimate of drug-likeness (QED) is 0.535. The Hall–Kier alpha value is -1.86. The van der Waals surface area contributed by atoms with E-state index in [0.717, 1.165) is 38.8 Å². The standard InChI is InChI=1S/C20H33FN4O2/c1-5-22-19(24-15-20(3,4)25-10-12-26-13-11-25)23-14-16(2)27-18-8-6-17(21)7-9-18/h6-9,16H,5,10-15H2,1-4H3,(H2,22,23,24). The number of morpholine rings is 1. The highest BCUT2D eigenvalue weighted by molar-refractivity contribution is 5.79. The van der Waals surface area contributed by atoms with Crippen LogP contribution in [-0.4, -0.2) is 68.4 Å². The van der Waals surface area contributed by atoms with Crippen LogP contribution in [-0.2, 0) is 4.74 Å². The zero-order chi connectivity index (χ0) is 19.7. The van der Waals surface area contributed by atoms with Gasteiger partial charge in [-0.1, -0.05) is 0 Å². The van der Waals surface area contributed by atoms with Crippen LogP contribution in [0.25, 0.3) is 0 Å². The molecule has 152 valence electrons. The zero-order valence-electron chi connectivity index (χ0n) is 16.9. The number of halogens is 1. The molecular formula is C20H33FN4O2. The molecule has 1 aromatic carbocycles. The molecule has 1 aliphatic rings. The van der Waals surface area contributed by atoms with E-state index in [2.05, 4.69) is 29.4 Å². The van der Waals surface area contributed by atoms with E-state index in [4.69, 9.17) is 14.5 Å². The average Bonchev–Trinajstić information content (AvgIpc) is 2.66. The highest BCUT2D eigenvalue weighted by Crippen LogP contribution is 2.16. The average molecular weight is 381 g/mol. The lowest BCUT2D eigenvalue weighted by atomic mass is 10.0. The second-order valence-electron chi connectivity index (χ2n) is 7.37. The van der Waals surface area contributed by atoms with Gasteiger partial charge in [0.05, 0.1) is 26.3 Å². The van der Waals surface area contributed by atoms with Gasteiger partial charge in [0.25, 0.3) is 0 Å². The van der Waals surface area contributed by atoms with Crippen LogP contribution in [0.3, 0.4) is 0 Å². The molecule has 1 atom stereocenters. The molecular weight excluding hydrogens is 347 g/mol. The second kappa shape index (κ2) is 10.5. The van der Waals surface area contributed by atoms with Gasteiger partial charge in [-0.25, -0.2) is 4.39 Å². The minimum absolute atomic E-state index is 0.0254. The van der Waals surface area contributed by atoms with Crippen molar-refractivity contribution in [3.63, 3.8) is 0 Å². The van der Waals surface area contributed by atoms with E-state index in [1.54, 1.807) is 12.1 Å². The molecule has 2 N–H and O–H groups in total. The monoisotopic (exact) mass is 380 g/mol. The predicted molar refractivity (Wildman–Crippen MR) is 107 cm³/mol. The van der Waals surface area contributed by atoms with Crippen molar-refractivity contribution in [2.45, 2.75) is 39.3 Å². The van der Waals surface area contributed by atoms with Gasteiger partial charge in [-0.2, -0.15) is 0 Å². The number of aliphatic imine (C=N–C) groups is 1. The summed E-state index contributed by atoms with van der Waals surface area (Å²) < 4.78 is 24.2. The van der Waals surface area contributed by atoms with Gasteiger partial charge in [0.15, 0.2) is 5.96 Å². The number of benzene rings is 1. The predicted octanol–water partition coefficient (Wildman–Crippen LogP) is 2.26. The number of nitrogens with one attached hydrogen (secondary N) is 2. The van der Waals surface area contributed by atoms with Crippen LogP contribution in [0.1, 0.15) is 27.7 Å². The lowest BCUT2D eigenvalue weighted by Gasteiger charge is -2.39. The molecule has 0 bridgehead atoms. The van der Waals surface area contributed by atoms with Crippen molar-refractivity contribution in [3.05, 3.63) is 30.1 Å². The van der Waals surface area contributed by atoms with Gasteiger partial charge in [-0.15, -0.1) is 0 Å². The number of nitrogens with zero attached hydrogens (tertiary/aromatic N) is 2. The van der Waals surface area contributed by atoms with Gasteiger partial charge in [0.1, 0.15) is 17.7 Å². The SMILES string of the molecule is CCNC(=NCC(C)(C)N1CCOCC1)NCC(C)Oc1ccc(F)cc1. The summed E-state index contributed by atoms with van der Waals surface area (Å²) in [5.41, 5.74) is -0.0254. The summed E-state index contributed by atoms with van der Waals surface area (Å²) in [4.78, 5) is 7.18. The van der Waals surface area contributed by atoms with Crippen LogP contribution in [0, 0.1) is 5.82 Å². The van der Waals surface area contributed by atoms with E-state index in [9.17, 15) is 4.39 Å². The molecule has 1 saturated heterocycles. The number of ether oxygens (including phenoxy) is 2. The van der Waals surface area contributed by atoms with Crippen molar-refractivity contribution < 1.29 is 13.9 Å². The van der Waals surface area contributed by atoms with E-state index in [0.29, 0.717) is 18.8 Å². The van der Waals surface area contributed by atoms with Crippen LogP contribution >= 0.6 is 0 Å². The summed E-state index contributed by atoms with van der Waals surface area (Å²) in [6.45, 7) is 14.0. The maximum atomic E-state index is 13.0.